The van der Waals surface area contributed by atoms with Gasteiger partial charge in [0.15, 0.2) is 0 Å². The van der Waals surface area contributed by atoms with Crippen LogP contribution in [0.4, 0.5) is 0 Å². The number of hydrogen-bond donors (Lipinski definition) is 2. The average molecular weight is 263 g/mol. The van der Waals surface area contributed by atoms with Crippen molar-refractivity contribution in [1.82, 2.24) is 5.32 Å². The summed E-state index contributed by atoms with van der Waals surface area (Å²) in [5.41, 5.74) is 1.76. The summed E-state index contributed by atoms with van der Waals surface area (Å²) >= 11 is 0. The number of fused-ring (bicyclic) bond motifs is 1. The van der Waals surface area contributed by atoms with E-state index in [0.29, 0.717) is 13.0 Å². The number of hydrogen-bond acceptors (Lipinski definition) is 3. The molecule has 1 aliphatic heterocycles. The predicted molar refractivity (Wildman–Crippen MR) is 73.0 cm³/mol. The minimum absolute atomic E-state index is 0.0415. The quantitative estimate of drug-likeness (QED) is 0.857. The number of amides is 1. The Balaban J connectivity index is 2.24. The lowest BCUT2D eigenvalue weighted by atomic mass is 9.98. The number of benzene rings is 1. The first-order valence-electron chi connectivity index (χ1n) is 6.71. The SMILES string of the molecule is Cc1cccc2c1OCCC(NC(=O)C(C)C)C2O. The van der Waals surface area contributed by atoms with Crippen LogP contribution in [0.3, 0.4) is 0 Å². The second-order valence-electron chi connectivity index (χ2n) is 5.35. The molecule has 4 nitrogen and oxygen atoms in total. The standard InChI is InChI=1S/C15H21NO3/c1-9(2)15(18)16-12-7-8-19-14-10(3)5-4-6-11(14)13(12)17/h4-6,9,12-13,17H,7-8H2,1-3H3,(H,16,18). The molecule has 0 aromatic heterocycles. The van der Waals surface area contributed by atoms with Crippen LogP contribution in [0.1, 0.15) is 37.5 Å². The number of aliphatic hydroxyl groups excluding tert-OH is 1. The van der Waals surface area contributed by atoms with Crippen molar-refractivity contribution in [2.75, 3.05) is 6.61 Å². The molecule has 0 bridgehead atoms. The normalized spacial score (nSPS) is 22.4. The predicted octanol–water partition coefficient (Wildman–Crippen LogP) is 1.95. The van der Waals surface area contributed by atoms with E-state index in [1.165, 1.54) is 0 Å². The van der Waals surface area contributed by atoms with E-state index in [4.69, 9.17) is 4.74 Å². The van der Waals surface area contributed by atoms with Crippen LogP contribution in [0.15, 0.2) is 18.2 Å². The van der Waals surface area contributed by atoms with E-state index in [1.807, 2.05) is 39.0 Å². The first-order chi connectivity index (χ1) is 9.00. The highest BCUT2D eigenvalue weighted by atomic mass is 16.5. The molecule has 1 heterocycles. The molecule has 2 unspecified atom stereocenters. The fraction of sp³-hybridized carbons (Fsp3) is 0.533. The van der Waals surface area contributed by atoms with E-state index in [0.717, 1.165) is 16.9 Å². The molecular weight excluding hydrogens is 242 g/mol. The zero-order valence-corrected chi connectivity index (χ0v) is 11.6. The smallest absolute Gasteiger partial charge is 0.222 e. The van der Waals surface area contributed by atoms with E-state index in [1.54, 1.807) is 0 Å². The Labute approximate surface area is 113 Å². The summed E-state index contributed by atoms with van der Waals surface area (Å²) < 4.78 is 5.71. The Kier molecular flexibility index (Phi) is 4.10. The molecular formula is C15H21NO3. The Morgan fingerprint density at radius 1 is 1.47 bits per heavy atom. The van der Waals surface area contributed by atoms with Gasteiger partial charge in [-0.2, -0.15) is 0 Å². The van der Waals surface area contributed by atoms with Crippen molar-refractivity contribution >= 4 is 5.91 Å². The van der Waals surface area contributed by atoms with Crippen LogP contribution in [0.5, 0.6) is 5.75 Å². The van der Waals surface area contributed by atoms with Gasteiger partial charge in [-0.05, 0) is 12.5 Å². The molecule has 2 atom stereocenters. The zero-order chi connectivity index (χ0) is 14.0. The fourth-order valence-electron chi connectivity index (χ4n) is 2.27. The maximum absolute atomic E-state index is 11.8. The second-order valence-corrected chi connectivity index (χ2v) is 5.35. The molecule has 0 fully saturated rings. The summed E-state index contributed by atoms with van der Waals surface area (Å²) in [5, 5.41) is 13.4. The number of carbonyl (C=O) groups is 1. The van der Waals surface area contributed by atoms with Gasteiger partial charge >= 0.3 is 0 Å². The summed E-state index contributed by atoms with van der Waals surface area (Å²) in [6, 6.07) is 5.41. The lowest BCUT2D eigenvalue weighted by molar-refractivity contribution is -0.125. The molecule has 0 saturated carbocycles. The van der Waals surface area contributed by atoms with E-state index in [2.05, 4.69) is 5.32 Å². The minimum atomic E-state index is -0.722. The molecule has 1 aromatic carbocycles. The third-order valence-electron chi connectivity index (χ3n) is 3.47. The third-order valence-corrected chi connectivity index (χ3v) is 3.47. The van der Waals surface area contributed by atoms with E-state index >= 15 is 0 Å². The van der Waals surface area contributed by atoms with Gasteiger partial charge < -0.3 is 15.2 Å². The zero-order valence-electron chi connectivity index (χ0n) is 11.6. The number of aliphatic hydroxyl groups is 1. The van der Waals surface area contributed by atoms with Gasteiger partial charge in [0.1, 0.15) is 11.9 Å². The summed E-state index contributed by atoms with van der Waals surface area (Å²) in [6.45, 7) is 6.14. The Bertz CT molecular complexity index is 470. The number of nitrogens with one attached hydrogen (secondary N) is 1. The van der Waals surface area contributed by atoms with Gasteiger partial charge in [-0.15, -0.1) is 0 Å². The topological polar surface area (TPSA) is 58.6 Å². The molecule has 2 rings (SSSR count). The number of aryl methyl sites for hydroxylation is 1. The monoisotopic (exact) mass is 263 g/mol. The maximum atomic E-state index is 11.8. The largest absolute Gasteiger partial charge is 0.493 e. The Morgan fingerprint density at radius 3 is 2.89 bits per heavy atom. The molecule has 1 aliphatic rings. The van der Waals surface area contributed by atoms with Gasteiger partial charge in [0, 0.05) is 17.9 Å². The first kappa shape index (κ1) is 13.9. The lowest BCUT2D eigenvalue weighted by Crippen LogP contribution is -2.41. The number of carbonyl (C=O) groups excluding carboxylic acids is 1. The van der Waals surface area contributed by atoms with Crippen LogP contribution in [0.2, 0.25) is 0 Å². The minimum Gasteiger partial charge on any atom is -0.493 e. The molecule has 0 aliphatic carbocycles. The fourth-order valence-corrected chi connectivity index (χ4v) is 2.27. The summed E-state index contributed by atoms with van der Waals surface area (Å²) in [4.78, 5) is 11.8. The number of para-hydroxylation sites is 1. The molecule has 19 heavy (non-hydrogen) atoms. The molecule has 0 saturated heterocycles. The maximum Gasteiger partial charge on any atom is 0.222 e. The van der Waals surface area contributed by atoms with Crippen molar-refractivity contribution in [3.63, 3.8) is 0 Å². The summed E-state index contributed by atoms with van der Waals surface area (Å²) in [7, 11) is 0. The highest BCUT2D eigenvalue weighted by Crippen LogP contribution is 2.34. The molecule has 2 N–H and O–H groups in total. The molecule has 104 valence electrons. The van der Waals surface area contributed by atoms with Gasteiger partial charge in [0.2, 0.25) is 5.91 Å². The van der Waals surface area contributed by atoms with Gasteiger partial charge in [-0.25, -0.2) is 0 Å². The van der Waals surface area contributed by atoms with Crippen molar-refractivity contribution < 1.29 is 14.6 Å². The number of rotatable bonds is 2. The van der Waals surface area contributed by atoms with Gasteiger partial charge in [-0.3, -0.25) is 4.79 Å². The third kappa shape index (κ3) is 2.89. The van der Waals surface area contributed by atoms with Crippen molar-refractivity contribution in [2.24, 2.45) is 5.92 Å². The van der Waals surface area contributed by atoms with Crippen LogP contribution in [0.25, 0.3) is 0 Å². The van der Waals surface area contributed by atoms with Gasteiger partial charge in [0.25, 0.3) is 0 Å². The van der Waals surface area contributed by atoms with Crippen LogP contribution in [-0.4, -0.2) is 23.7 Å². The van der Waals surface area contributed by atoms with Crippen molar-refractivity contribution in [3.8, 4) is 5.75 Å². The van der Waals surface area contributed by atoms with Crippen molar-refractivity contribution in [3.05, 3.63) is 29.3 Å². The number of ether oxygens (including phenoxy) is 1. The second kappa shape index (κ2) is 5.61. The molecule has 0 radical (unpaired) electrons. The van der Waals surface area contributed by atoms with Crippen LogP contribution in [0, 0.1) is 12.8 Å². The Hall–Kier alpha value is -1.55. The van der Waals surface area contributed by atoms with E-state index < -0.39 is 6.10 Å². The van der Waals surface area contributed by atoms with Crippen molar-refractivity contribution in [1.29, 1.82) is 0 Å². The average Bonchev–Trinajstić information content (AvgIpc) is 2.52. The van der Waals surface area contributed by atoms with Crippen molar-refractivity contribution in [2.45, 2.75) is 39.3 Å². The van der Waals surface area contributed by atoms with Crippen LogP contribution in [-0.2, 0) is 4.79 Å². The molecule has 1 aromatic rings. The highest BCUT2D eigenvalue weighted by molar-refractivity contribution is 5.78. The highest BCUT2D eigenvalue weighted by Gasteiger charge is 2.29. The van der Waals surface area contributed by atoms with E-state index in [-0.39, 0.29) is 17.9 Å². The first-order valence-corrected chi connectivity index (χ1v) is 6.71. The summed E-state index contributed by atoms with van der Waals surface area (Å²) in [5.74, 6) is 0.616. The van der Waals surface area contributed by atoms with Crippen LogP contribution >= 0.6 is 0 Å². The molecule has 0 spiro atoms. The van der Waals surface area contributed by atoms with E-state index in [9.17, 15) is 9.90 Å². The van der Waals surface area contributed by atoms with Crippen LogP contribution < -0.4 is 10.1 Å². The lowest BCUT2D eigenvalue weighted by Gasteiger charge is -2.23. The Morgan fingerprint density at radius 2 is 2.21 bits per heavy atom. The van der Waals surface area contributed by atoms with Gasteiger partial charge in [0.05, 0.1) is 12.6 Å². The van der Waals surface area contributed by atoms with Gasteiger partial charge in [-0.1, -0.05) is 32.0 Å². The molecule has 1 amide bonds. The molecule has 4 heteroatoms. The summed E-state index contributed by atoms with van der Waals surface area (Å²) in [6.07, 6.45) is -0.117.